The summed E-state index contributed by atoms with van der Waals surface area (Å²) < 4.78 is 6.75. The molecule has 0 radical (unpaired) electrons. The zero-order chi connectivity index (χ0) is 22.3. The van der Waals surface area contributed by atoms with Crippen LogP contribution in [-0.4, -0.2) is 28.3 Å². The third-order valence-corrected chi connectivity index (χ3v) is 4.64. The van der Waals surface area contributed by atoms with Crippen molar-refractivity contribution in [2.75, 3.05) is 11.9 Å². The Hall–Kier alpha value is -4.70. The number of hydrogen-bond donors (Lipinski definition) is 1. The van der Waals surface area contributed by atoms with Gasteiger partial charge in [-0.3, -0.25) is 4.79 Å². The molecule has 0 aliphatic heterocycles. The van der Waals surface area contributed by atoms with Gasteiger partial charge in [0.1, 0.15) is 6.07 Å². The Bertz CT molecular complexity index is 1290. The third kappa shape index (κ3) is 4.55. The van der Waals surface area contributed by atoms with E-state index in [0.29, 0.717) is 22.6 Å². The smallest absolute Gasteiger partial charge is 0.357 e. The second-order valence-corrected chi connectivity index (χ2v) is 6.81. The Morgan fingerprint density at radius 2 is 1.59 bits per heavy atom. The SMILES string of the molecule is N#Cc1ccccc1NC(=O)COC(=O)c1cc(-c2ccccc2)nn1-c1ccccc1. The van der Waals surface area contributed by atoms with Gasteiger partial charge in [0.05, 0.1) is 22.6 Å². The first-order valence-electron chi connectivity index (χ1n) is 9.83. The molecule has 0 spiro atoms. The molecule has 0 aliphatic rings. The van der Waals surface area contributed by atoms with E-state index < -0.39 is 18.5 Å². The van der Waals surface area contributed by atoms with Crippen LogP contribution in [0.4, 0.5) is 5.69 Å². The van der Waals surface area contributed by atoms with Crippen molar-refractivity contribution in [1.82, 2.24) is 9.78 Å². The normalized spacial score (nSPS) is 10.2. The van der Waals surface area contributed by atoms with Crippen molar-refractivity contribution in [3.63, 3.8) is 0 Å². The highest BCUT2D eigenvalue weighted by Gasteiger charge is 2.20. The first kappa shape index (κ1) is 20.6. The van der Waals surface area contributed by atoms with Gasteiger partial charge in [-0.15, -0.1) is 0 Å². The molecule has 3 aromatic carbocycles. The van der Waals surface area contributed by atoms with Gasteiger partial charge >= 0.3 is 5.97 Å². The van der Waals surface area contributed by atoms with E-state index in [1.807, 2.05) is 66.7 Å². The van der Waals surface area contributed by atoms with Gasteiger partial charge in [0.25, 0.3) is 5.91 Å². The van der Waals surface area contributed by atoms with Gasteiger partial charge in [0, 0.05) is 5.56 Å². The summed E-state index contributed by atoms with van der Waals surface area (Å²) in [5.41, 5.74) is 3.02. The molecule has 7 heteroatoms. The monoisotopic (exact) mass is 422 g/mol. The molecule has 0 atom stereocenters. The van der Waals surface area contributed by atoms with Crippen LogP contribution in [0.1, 0.15) is 16.1 Å². The fourth-order valence-corrected chi connectivity index (χ4v) is 3.12. The van der Waals surface area contributed by atoms with E-state index in [1.165, 1.54) is 4.68 Å². The molecule has 1 heterocycles. The van der Waals surface area contributed by atoms with Gasteiger partial charge < -0.3 is 10.1 Å². The summed E-state index contributed by atoms with van der Waals surface area (Å²) in [4.78, 5) is 25.1. The fraction of sp³-hybridized carbons (Fsp3) is 0.0400. The number of nitrogens with one attached hydrogen (secondary N) is 1. The van der Waals surface area contributed by atoms with Gasteiger partial charge in [0.15, 0.2) is 12.3 Å². The summed E-state index contributed by atoms with van der Waals surface area (Å²) >= 11 is 0. The maximum Gasteiger partial charge on any atom is 0.357 e. The maximum atomic E-state index is 12.8. The Morgan fingerprint density at radius 1 is 0.938 bits per heavy atom. The van der Waals surface area contributed by atoms with E-state index in [2.05, 4.69) is 10.4 Å². The van der Waals surface area contributed by atoms with Crippen LogP contribution in [0, 0.1) is 11.3 Å². The summed E-state index contributed by atoms with van der Waals surface area (Å²) in [5.74, 6) is -1.23. The third-order valence-electron chi connectivity index (χ3n) is 4.64. The minimum Gasteiger partial charge on any atom is -0.451 e. The van der Waals surface area contributed by atoms with Crippen LogP contribution in [-0.2, 0) is 9.53 Å². The molecule has 0 bridgehead atoms. The molecular formula is C25H18N4O3. The summed E-state index contributed by atoms with van der Waals surface area (Å²) in [5, 5.41) is 16.3. The lowest BCUT2D eigenvalue weighted by Gasteiger charge is -2.09. The van der Waals surface area contributed by atoms with Crippen molar-refractivity contribution >= 4 is 17.6 Å². The number of anilines is 1. The number of ether oxygens (including phenoxy) is 1. The van der Waals surface area contributed by atoms with Crippen molar-refractivity contribution in [3.05, 3.63) is 102 Å². The van der Waals surface area contributed by atoms with E-state index in [4.69, 9.17) is 10.00 Å². The quantitative estimate of drug-likeness (QED) is 0.470. The number of benzene rings is 3. The average Bonchev–Trinajstić information content (AvgIpc) is 3.30. The Kier molecular flexibility index (Phi) is 6.05. The number of aromatic nitrogens is 2. The summed E-state index contributed by atoms with van der Waals surface area (Å²) in [6, 6.07) is 28.9. The first-order valence-corrected chi connectivity index (χ1v) is 9.83. The topological polar surface area (TPSA) is 97.0 Å². The molecule has 1 amide bonds. The van der Waals surface area contributed by atoms with Crippen molar-refractivity contribution in [1.29, 1.82) is 5.26 Å². The number of nitriles is 1. The molecule has 32 heavy (non-hydrogen) atoms. The highest BCUT2D eigenvalue weighted by Crippen LogP contribution is 2.22. The Morgan fingerprint density at radius 3 is 2.31 bits per heavy atom. The van der Waals surface area contributed by atoms with Crippen LogP contribution < -0.4 is 5.32 Å². The molecule has 0 saturated carbocycles. The van der Waals surface area contributed by atoms with E-state index >= 15 is 0 Å². The second kappa shape index (κ2) is 9.41. The number of amides is 1. The number of carbonyl (C=O) groups is 2. The van der Waals surface area contributed by atoms with Crippen LogP contribution in [0.3, 0.4) is 0 Å². The molecule has 0 aliphatic carbocycles. The summed E-state index contributed by atoms with van der Waals surface area (Å²) in [7, 11) is 0. The summed E-state index contributed by atoms with van der Waals surface area (Å²) in [6.45, 7) is -0.501. The Balaban J connectivity index is 1.54. The highest BCUT2D eigenvalue weighted by molar-refractivity contribution is 5.96. The molecule has 7 nitrogen and oxygen atoms in total. The van der Waals surface area contributed by atoms with Crippen molar-refractivity contribution < 1.29 is 14.3 Å². The number of nitrogens with zero attached hydrogens (tertiary/aromatic N) is 3. The van der Waals surface area contributed by atoms with Crippen LogP contribution in [0.5, 0.6) is 0 Å². The Labute approximate surface area is 184 Å². The molecule has 156 valence electrons. The minimum absolute atomic E-state index is 0.195. The van der Waals surface area contributed by atoms with Gasteiger partial charge in [-0.05, 0) is 30.3 Å². The van der Waals surface area contributed by atoms with Gasteiger partial charge in [-0.2, -0.15) is 10.4 Å². The van der Waals surface area contributed by atoms with Crippen LogP contribution in [0.15, 0.2) is 91.0 Å². The first-order chi connectivity index (χ1) is 15.7. The fourth-order valence-electron chi connectivity index (χ4n) is 3.12. The highest BCUT2D eigenvalue weighted by atomic mass is 16.5. The standard InChI is InChI=1S/C25H18N4O3/c26-16-19-11-7-8-14-21(19)27-24(30)17-32-25(31)23-15-22(18-9-3-1-4-10-18)28-29(23)20-12-5-2-6-13-20/h1-15H,17H2,(H,27,30). The largest absolute Gasteiger partial charge is 0.451 e. The predicted octanol–water partition coefficient (Wildman–Crippen LogP) is 4.21. The minimum atomic E-state index is -0.688. The molecule has 0 fully saturated rings. The number of hydrogen-bond acceptors (Lipinski definition) is 5. The van der Waals surface area contributed by atoms with Gasteiger partial charge in [0.2, 0.25) is 0 Å². The second-order valence-electron chi connectivity index (χ2n) is 6.81. The number of para-hydroxylation sites is 2. The van der Waals surface area contributed by atoms with Crippen LogP contribution in [0.25, 0.3) is 16.9 Å². The maximum absolute atomic E-state index is 12.8. The van der Waals surface area contributed by atoms with Crippen LogP contribution in [0.2, 0.25) is 0 Å². The predicted molar refractivity (Wildman–Crippen MR) is 119 cm³/mol. The lowest BCUT2D eigenvalue weighted by molar-refractivity contribution is -0.119. The zero-order valence-electron chi connectivity index (χ0n) is 16.9. The lowest BCUT2D eigenvalue weighted by atomic mass is 10.1. The molecule has 0 saturated heterocycles. The molecule has 4 rings (SSSR count). The van der Waals surface area contributed by atoms with Crippen LogP contribution >= 0.6 is 0 Å². The van der Waals surface area contributed by atoms with E-state index in [-0.39, 0.29) is 5.69 Å². The van der Waals surface area contributed by atoms with Gasteiger partial charge in [-0.1, -0.05) is 60.7 Å². The van der Waals surface area contributed by atoms with E-state index in [9.17, 15) is 9.59 Å². The lowest BCUT2D eigenvalue weighted by Crippen LogP contribution is -2.22. The van der Waals surface area contributed by atoms with Crippen molar-refractivity contribution in [2.45, 2.75) is 0 Å². The average molecular weight is 422 g/mol. The molecule has 4 aromatic rings. The molecule has 1 N–H and O–H groups in total. The molecular weight excluding hydrogens is 404 g/mol. The molecule has 1 aromatic heterocycles. The van der Waals surface area contributed by atoms with E-state index in [0.717, 1.165) is 5.56 Å². The number of carbonyl (C=O) groups excluding carboxylic acids is 2. The molecule has 0 unspecified atom stereocenters. The number of rotatable bonds is 6. The van der Waals surface area contributed by atoms with Crippen molar-refractivity contribution in [3.8, 4) is 23.0 Å². The van der Waals surface area contributed by atoms with Crippen molar-refractivity contribution in [2.24, 2.45) is 0 Å². The number of esters is 1. The van der Waals surface area contributed by atoms with E-state index in [1.54, 1.807) is 30.3 Å². The van der Waals surface area contributed by atoms with Gasteiger partial charge in [-0.25, -0.2) is 9.48 Å². The summed E-state index contributed by atoms with van der Waals surface area (Å²) in [6.07, 6.45) is 0. The zero-order valence-corrected chi connectivity index (χ0v) is 16.9.